The summed E-state index contributed by atoms with van der Waals surface area (Å²) in [6, 6.07) is 11.4. The molecule has 1 atom stereocenters. The monoisotopic (exact) mass is 409 g/mol. The van der Waals surface area contributed by atoms with Crippen LogP contribution in [0.4, 0.5) is 4.79 Å². The number of hydrogen-bond donors (Lipinski definition) is 2. The number of carbonyl (C=O) groups is 3. The van der Waals surface area contributed by atoms with E-state index in [1.165, 1.54) is 13.2 Å². The second kappa shape index (κ2) is 8.36. The zero-order valence-electron chi connectivity index (χ0n) is 17.2. The SMILES string of the molecule is C[C@H](OC(=O)c1cc(-c2ccco2)nc2ccccc12)C(=O)NC(=O)NC(C)(C)C. The molecule has 0 saturated carbocycles. The second-order valence-corrected chi connectivity index (χ2v) is 7.79. The van der Waals surface area contributed by atoms with Crippen molar-refractivity contribution in [3.63, 3.8) is 0 Å². The Hall–Kier alpha value is -3.68. The number of fused-ring (bicyclic) bond motifs is 1. The molecule has 0 aliphatic heterocycles. The third-order valence-electron chi connectivity index (χ3n) is 4.09. The van der Waals surface area contributed by atoms with Gasteiger partial charge in [0.1, 0.15) is 5.69 Å². The molecule has 3 aromatic rings. The van der Waals surface area contributed by atoms with Crippen molar-refractivity contribution in [3.05, 3.63) is 54.3 Å². The van der Waals surface area contributed by atoms with Crippen LogP contribution >= 0.6 is 0 Å². The lowest BCUT2D eigenvalue weighted by Gasteiger charge is -2.21. The van der Waals surface area contributed by atoms with Crippen LogP contribution in [0.2, 0.25) is 0 Å². The summed E-state index contributed by atoms with van der Waals surface area (Å²) in [6.45, 7) is 6.75. The maximum atomic E-state index is 12.8. The molecular formula is C22H23N3O5. The zero-order valence-corrected chi connectivity index (χ0v) is 17.2. The number of furan rings is 1. The standard InChI is InChI=1S/C22H23N3O5/c1-13(19(26)24-21(28)25-22(2,3)4)30-20(27)15-12-17(18-10-7-11-29-18)23-16-9-6-5-8-14(15)16/h5-13H,1-4H3,(H2,24,25,26,28)/t13-/m0/s1. The number of aromatic nitrogens is 1. The highest BCUT2D eigenvalue weighted by Gasteiger charge is 2.24. The predicted octanol–water partition coefficient (Wildman–Crippen LogP) is 3.66. The fraction of sp³-hybridized carbons (Fsp3) is 0.273. The Bertz CT molecular complexity index is 1080. The Kier molecular flexibility index (Phi) is 5.86. The Morgan fingerprint density at radius 1 is 1.10 bits per heavy atom. The van der Waals surface area contributed by atoms with Crippen molar-refractivity contribution >= 4 is 28.8 Å². The molecule has 2 heterocycles. The molecule has 0 aliphatic rings. The topological polar surface area (TPSA) is 111 Å². The summed E-state index contributed by atoms with van der Waals surface area (Å²) in [7, 11) is 0. The zero-order chi connectivity index (χ0) is 21.9. The van der Waals surface area contributed by atoms with Crippen LogP contribution in [-0.4, -0.2) is 34.5 Å². The number of imide groups is 1. The van der Waals surface area contributed by atoms with Crippen LogP contribution in [0.25, 0.3) is 22.4 Å². The quantitative estimate of drug-likeness (QED) is 0.636. The molecule has 30 heavy (non-hydrogen) atoms. The number of carbonyl (C=O) groups excluding carboxylic acids is 3. The van der Waals surface area contributed by atoms with Gasteiger partial charge < -0.3 is 14.5 Å². The van der Waals surface area contributed by atoms with Crippen molar-refractivity contribution in [2.45, 2.75) is 39.3 Å². The minimum atomic E-state index is -1.18. The summed E-state index contributed by atoms with van der Waals surface area (Å²) in [5, 5.41) is 5.36. The lowest BCUT2D eigenvalue weighted by molar-refractivity contribution is -0.127. The van der Waals surface area contributed by atoms with Gasteiger partial charge in [0.25, 0.3) is 5.91 Å². The highest BCUT2D eigenvalue weighted by Crippen LogP contribution is 2.26. The smallest absolute Gasteiger partial charge is 0.339 e. The van der Waals surface area contributed by atoms with Crippen LogP contribution < -0.4 is 10.6 Å². The van der Waals surface area contributed by atoms with Gasteiger partial charge in [-0.3, -0.25) is 10.1 Å². The molecule has 0 saturated heterocycles. The summed E-state index contributed by atoms with van der Waals surface area (Å²) < 4.78 is 10.7. The Labute approximate surface area is 173 Å². The van der Waals surface area contributed by atoms with Crippen molar-refractivity contribution < 1.29 is 23.5 Å². The van der Waals surface area contributed by atoms with Crippen molar-refractivity contribution in [1.82, 2.24) is 15.6 Å². The molecule has 0 radical (unpaired) electrons. The van der Waals surface area contributed by atoms with E-state index in [-0.39, 0.29) is 5.56 Å². The van der Waals surface area contributed by atoms with Gasteiger partial charge in [0.15, 0.2) is 11.9 Å². The van der Waals surface area contributed by atoms with E-state index in [1.807, 2.05) is 0 Å². The highest BCUT2D eigenvalue weighted by molar-refractivity contribution is 6.05. The number of nitrogens with zero attached hydrogens (tertiary/aromatic N) is 1. The highest BCUT2D eigenvalue weighted by atomic mass is 16.5. The predicted molar refractivity (Wildman–Crippen MR) is 111 cm³/mol. The van der Waals surface area contributed by atoms with Crippen molar-refractivity contribution in [1.29, 1.82) is 0 Å². The minimum Gasteiger partial charge on any atom is -0.463 e. The molecule has 0 spiro atoms. The molecular weight excluding hydrogens is 386 g/mol. The Morgan fingerprint density at radius 2 is 1.83 bits per heavy atom. The molecule has 8 heteroatoms. The van der Waals surface area contributed by atoms with Crippen molar-refractivity contribution in [2.24, 2.45) is 0 Å². The average Bonchev–Trinajstić information content (AvgIpc) is 3.20. The fourth-order valence-electron chi connectivity index (χ4n) is 2.76. The van der Waals surface area contributed by atoms with E-state index >= 15 is 0 Å². The van der Waals surface area contributed by atoms with E-state index in [1.54, 1.807) is 63.2 Å². The van der Waals surface area contributed by atoms with Gasteiger partial charge in [0.2, 0.25) is 0 Å². The van der Waals surface area contributed by atoms with E-state index in [9.17, 15) is 14.4 Å². The normalized spacial score (nSPS) is 12.3. The summed E-state index contributed by atoms with van der Waals surface area (Å²) in [6.07, 6.45) is 0.335. The number of benzene rings is 1. The third kappa shape index (κ3) is 5.02. The summed E-state index contributed by atoms with van der Waals surface area (Å²) >= 11 is 0. The number of rotatable bonds is 4. The number of hydrogen-bond acceptors (Lipinski definition) is 6. The lowest BCUT2D eigenvalue weighted by atomic mass is 10.1. The van der Waals surface area contributed by atoms with Crippen LogP contribution in [0.1, 0.15) is 38.1 Å². The first-order chi connectivity index (χ1) is 14.1. The number of pyridine rings is 1. The molecule has 0 fully saturated rings. The number of urea groups is 1. The number of para-hydroxylation sites is 1. The molecule has 2 N–H and O–H groups in total. The van der Waals surface area contributed by atoms with Gasteiger partial charge >= 0.3 is 12.0 Å². The van der Waals surface area contributed by atoms with Crippen LogP contribution in [0.5, 0.6) is 0 Å². The fourth-order valence-corrected chi connectivity index (χ4v) is 2.76. The summed E-state index contributed by atoms with van der Waals surface area (Å²) in [5.74, 6) is -0.936. The van der Waals surface area contributed by atoms with Gasteiger partial charge in [-0.2, -0.15) is 0 Å². The molecule has 3 rings (SSSR count). The summed E-state index contributed by atoms with van der Waals surface area (Å²) in [4.78, 5) is 41.5. The maximum Gasteiger partial charge on any atom is 0.339 e. The van der Waals surface area contributed by atoms with Crippen LogP contribution in [-0.2, 0) is 9.53 Å². The van der Waals surface area contributed by atoms with E-state index in [0.29, 0.717) is 22.4 Å². The first-order valence-electron chi connectivity index (χ1n) is 9.42. The molecule has 0 unspecified atom stereocenters. The maximum absolute atomic E-state index is 12.8. The average molecular weight is 409 g/mol. The first-order valence-corrected chi connectivity index (χ1v) is 9.42. The van der Waals surface area contributed by atoms with E-state index in [0.717, 1.165) is 0 Å². The van der Waals surface area contributed by atoms with Gasteiger partial charge in [-0.1, -0.05) is 18.2 Å². The van der Waals surface area contributed by atoms with Gasteiger partial charge in [0, 0.05) is 10.9 Å². The molecule has 8 nitrogen and oxygen atoms in total. The van der Waals surface area contributed by atoms with Crippen molar-refractivity contribution in [3.8, 4) is 11.5 Å². The first kappa shape index (κ1) is 21.0. The van der Waals surface area contributed by atoms with Crippen molar-refractivity contribution in [2.75, 3.05) is 0 Å². The Balaban J connectivity index is 1.81. The molecule has 3 amide bonds. The Morgan fingerprint density at radius 3 is 2.50 bits per heavy atom. The number of ether oxygens (including phenoxy) is 1. The molecule has 0 bridgehead atoms. The number of amides is 3. The molecule has 1 aromatic carbocycles. The number of esters is 1. The molecule has 2 aromatic heterocycles. The minimum absolute atomic E-state index is 0.241. The number of nitrogens with one attached hydrogen (secondary N) is 2. The van der Waals surface area contributed by atoms with Crippen LogP contribution in [0, 0.1) is 0 Å². The van der Waals surface area contributed by atoms with Crippen LogP contribution in [0.15, 0.2) is 53.1 Å². The van der Waals surface area contributed by atoms with Gasteiger partial charge in [0.05, 0.1) is 17.3 Å². The largest absolute Gasteiger partial charge is 0.463 e. The second-order valence-electron chi connectivity index (χ2n) is 7.79. The molecule has 156 valence electrons. The van der Waals surface area contributed by atoms with E-state index in [4.69, 9.17) is 9.15 Å². The van der Waals surface area contributed by atoms with Gasteiger partial charge in [-0.15, -0.1) is 0 Å². The van der Waals surface area contributed by atoms with E-state index < -0.39 is 29.6 Å². The lowest BCUT2D eigenvalue weighted by Crippen LogP contribution is -2.50. The molecule has 0 aliphatic carbocycles. The van der Waals surface area contributed by atoms with Gasteiger partial charge in [-0.05, 0) is 52.0 Å². The van der Waals surface area contributed by atoms with Gasteiger partial charge in [-0.25, -0.2) is 14.6 Å². The third-order valence-corrected chi connectivity index (χ3v) is 4.09. The summed E-state index contributed by atoms with van der Waals surface area (Å²) in [5.41, 5.74) is 0.778. The van der Waals surface area contributed by atoms with E-state index in [2.05, 4.69) is 15.6 Å². The van der Waals surface area contributed by atoms with Crippen LogP contribution in [0.3, 0.4) is 0 Å².